The molecule has 1 amide bonds. The first-order valence-electron chi connectivity index (χ1n) is 5.95. The van der Waals surface area contributed by atoms with Crippen LogP contribution in [0.4, 0.5) is 11.4 Å². The van der Waals surface area contributed by atoms with Crippen molar-refractivity contribution in [3.8, 4) is 0 Å². The molecule has 0 aliphatic rings. The summed E-state index contributed by atoms with van der Waals surface area (Å²) >= 11 is 0. The second kappa shape index (κ2) is 5.12. The minimum absolute atomic E-state index is 0.0732. The lowest BCUT2D eigenvalue weighted by Gasteiger charge is -2.10. The zero-order valence-electron chi connectivity index (χ0n) is 11.4. The van der Waals surface area contributed by atoms with Gasteiger partial charge in [0, 0.05) is 12.7 Å². The molecular weight excluding hydrogens is 260 g/mol. The highest BCUT2D eigenvalue weighted by Crippen LogP contribution is 2.22. The number of hydrogen-bond donors (Lipinski definition) is 1. The van der Waals surface area contributed by atoms with Crippen molar-refractivity contribution in [3.63, 3.8) is 0 Å². The van der Waals surface area contributed by atoms with Crippen molar-refractivity contribution in [2.75, 3.05) is 5.32 Å². The van der Waals surface area contributed by atoms with Gasteiger partial charge in [0.05, 0.1) is 4.92 Å². The van der Waals surface area contributed by atoms with Gasteiger partial charge in [-0.15, -0.1) is 0 Å². The van der Waals surface area contributed by atoms with Crippen LogP contribution < -0.4 is 5.32 Å². The van der Waals surface area contributed by atoms with Crippen molar-refractivity contribution in [2.24, 2.45) is 7.05 Å². The number of nitrogens with one attached hydrogen (secondary N) is 1. The minimum Gasteiger partial charge on any atom is -0.320 e. The van der Waals surface area contributed by atoms with Gasteiger partial charge in [0.25, 0.3) is 5.91 Å². The monoisotopic (exact) mass is 274 g/mol. The molecule has 1 heterocycles. The highest BCUT2D eigenvalue weighted by molar-refractivity contribution is 6.06. The Bertz CT molecular complexity index is 691. The lowest BCUT2D eigenvalue weighted by atomic mass is 10.1. The molecule has 1 aromatic carbocycles. The number of rotatable bonds is 3. The predicted octanol–water partition coefficient (Wildman–Crippen LogP) is 2.20. The van der Waals surface area contributed by atoms with Crippen LogP contribution in [0.3, 0.4) is 0 Å². The number of carbonyl (C=O) groups is 1. The summed E-state index contributed by atoms with van der Waals surface area (Å²) in [5, 5.41) is 17.3. The molecule has 0 spiro atoms. The van der Waals surface area contributed by atoms with E-state index in [4.69, 9.17) is 0 Å². The van der Waals surface area contributed by atoms with Gasteiger partial charge in [0.1, 0.15) is 6.20 Å². The average molecular weight is 274 g/mol. The Morgan fingerprint density at radius 2 is 2.10 bits per heavy atom. The summed E-state index contributed by atoms with van der Waals surface area (Å²) in [5.41, 5.74) is 2.20. The van der Waals surface area contributed by atoms with Crippen molar-refractivity contribution >= 4 is 17.3 Å². The Balaban J connectivity index is 2.36. The quantitative estimate of drug-likeness (QED) is 0.686. The molecule has 0 fully saturated rings. The zero-order chi connectivity index (χ0) is 14.9. The van der Waals surface area contributed by atoms with Gasteiger partial charge in [-0.1, -0.05) is 12.1 Å². The van der Waals surface area contributed by atoms with Crippen LogP contribution in [0.5, 0.6) is 0 Å². The predicted molar refractivity (Wildman–Crippen MR) is 73.7 cm³/mol. The van der Waals surface area contributed by atoms with Gasteiger partial charge in [0.15, 0.2) is 0 Å². The maximum atomic E-state index is 12.2. The van der Waals surface area contributed by atoms with E-state index < -0.39 is 10.8 Å². The van der Waals surface area contributed by atoms with Crippen LogP contribution in [0.1, 0.15) is 21.6 Å². The zero-order valence-corrected chi connectivity index (χ0v) is 11.4. The first-order chi connectivity index (χ1) is 9.41. The fourth-order valence-corrected chi connectivity index (χ4v) is 1.89. The molecule has 0 saturated heterocycles. The summed E-state index contributed by atoms with van der Waals surface area (Å²) in [6, 6.07) is 5.50. The molecule has 7 nitrogen and oxygen atoms in total. The second-order valence-corrected chi connectivity index (χ2v) is 4.46. The smallest absolute Gasteiger partial charge is 0.320 e. The molecule has 1 aromatic heterocycles. The van der Waals surface area contributed by atoms with E-state index in [9.17, 15) is 14.9 Å². The van der Waals surface area contributed by atoms with Gasteiger partial charge in [-0.2, -0.15) is 5.10 Å². The molecule has 0 radical (unpaired) electrons. The Hall–Kier alpha value is -2.70. The Morgan fingerprint density at radius 1 is 1.40 bits per heavy atom. The van der Waals surface area contributed by atoms with Crippen molar-refractivity contribution in [1.82, 2.24) is 9.78 Å². The number of nitro groups is 1. The van der Waals surface area contributed by atoms with Gasteiger partial charge in [-0.05, 0) is 31.0 Å². The molecule has 0 atom stereocenters. The first kappa shape index (κ1) is 13.7. The average Bonchev–Trinajstić information content (AvgIpc) is 2.77. The van der Waals surface area contributed by atoms with E-state index in [1.807, 2.05) is 26.0 Å². The van der Waals surface area contributed by atoms with Crippen molar-refractivity contribution in [3.05, 3.63) is 51.3 Å². The maximum Gasteiger partial charge on any atom is 0.320 e. The van der Waals surface area contributed by atoms with E-state index in [1.54, 1.807) is 6.07 Å². The van der Waals surface area contributed by atoms with Crippen LogP contribution in [-0.2, 0) is 7.05 Å². The van der Waals surface area contributed by atoms with E-state index in [-0.39, 0.29) is 11.4 Å². The number of aryl methyl sites for hydroxylation is 2. The van der Waals surface area contributed by atoms with Crippen molar-refractivity contribution in [1.29, 1.82) is 0 Å². The van der Waals surface area contributed by atoms with Crippen LogP contribution in [-0.4, -0.2) is 20.6 Å². The van der Waals surface area contributed by atoms with Crippen LogP contribution in [0.25, 0.3) is 0 Å². The van der Waals surface area contributed by atoms with E-state index in [0.29, 0.717) is 5.69 Å². The molecule has 2 aromatic rings. The SMILES string of the molecule is Cc1cccc(NC(=O)c2c([N+](=O)[O-])cnn2C)c1C. The highest BCUT2D eigenvalue weighted by Gasteiger charge is 2.25. The summed E-state index contributed by atoms with van der Waals surface area (Å²) in [6.45, 7) is 3.81. The maximum absolute atomic E-state index is 12.2. The van der Waals surface area contributed by atoms with Crippen LogP contribution in [0.15, 0.2) is 24.4 Å². The Labute approximate surface area is 115 Å². The normalized spacial score (nSPS) is 10.3. The number of benzene rings is 1. The second-order valence-electron chi connectivity index (χ2n) is 4.46. The molecule has 1 N–H and O–H groups in total. The van der Waals surface area contributed by atoms with E-state index in [0.717, 1.165) is 17.3 Å². The highest BCUT2D eigenvalue weighted by atomic mass is 16.6. The molecule has 20 heavy (non-hydrogen) atoms. The third-order valence-electron chi connectivity index (χ3n) is 3.18. The topological polar surface area (TPSA) is 90.1 Å². The first-order valence-corrected chi connectivity index (χ1v) is 5.95. The van der Waals surface area contributed by atoms with Gasteiger partial charge < -0.3 is 5.32 Å². The fraction of sp³-hybridized carbons (Fsp3) is 0.231. The molecule has 0 unspecified atom stereocenters. The molecule has 0 bridgehead atoms. The van der Waals surface area contributed by atoms with Gasteiger partial charge in [-0.3, -0.25) is 19.6 Å². The number of nitrogens with zero attached hydrogens (tertiary/aromatic N) is 3. The number of amides is 1. The number of carbonyl (C=O) groups excluding carboxylic acids is 1. The van der Waals surface area contributed by atoms with Crippen LogP contribution in [0.2, 0.25) is 0 Å². The summed E-state index contributed by atoms with van der Waals surface area (Å²) in [4.78, 5) is 22.5. The number of anilines is 1. The molecule has 0 aliphatic heterocycles. The molecular formula is C13H14N4O3. The van der Waals surface area contributed by atoms with Gasteiger partial charge >= 0.3 is 5.69 Å². The summed E-state index contributed by atoms with van der Waals surface area (Å²) in [5.74, 6) is -0.551. The fourth-order valence-electron chi connectivity index (χ4n) is 1.89. The summed E-state index contributed by atoms with van der Waals surface area (Å²) in [7, 11) is 1.49. The van der Waals surface area contributed by atoms with Crippen LogP contribution >= 0.6 is 0 Å². The summed E-state index contributed by atoms with van der Waals surface area (Å²) in [6.07, 6.45) is 1.07. The number of hydrogen-bond acceptors (Lipinski definition) is 4. The molecule has 104 valence electrons. The van der Waals surface area contributed by atoms with Crippen molar-refractivity contribution in [2.45, 2.75) is 13.8 Å². The third kappa shape index (κ3) is 2.37. The number of aromatic nitrogens is 2. The largest absolute Gasteiger partial charge is 0.320 e. The van der Waals surface area contributed by atoms with E-state index >= 15 is 0 Å². The van der Waals surface area contributed by atoms with E-state index in [2.05, 4.69) is 10.4 Å². The molecule has 2 rings (SSSR count). The van der Waals surface area contributed by atoms with Gasteiger partial charge in [0.2, 0.25) is 5.69 Å². The molecule has 0 aliphatic carbocycles. The van der Waals surface area contributed by atoms with Crippen molar-refractivity contribution < 1.29 is 9.72 Å². The molecule has 7 heteroatoms. The third-order valence-corrected chi connectivity index (χ3v) is 3.18. The van der Waals surface area contributed by atoms with Crippen LogP contribution in [0, 0.1) is 24.0 Å². The minimum atomic E-state index is -0.620. The van der Waals surface area contributed by atoms with E-state index in [1.165, 1.54) is 11.7 Å². The lowest BCUT2D eigenvalue weighted by molar-refractivity contribution is -0.385. The standard InChI is InChI=1S/C13H14N4O3/c1-8-5-4-6-10(9(8)2)15-13(18)12-11(17(19)20)7-14-16(12)3/h4-7H,1-3H3,(H,15,18). The Morgan fingerprint density at radius 3 is 2.75 bits per heavy atom. The Kier molecular flexibility index (Phi) is 3.51. The molecule has 0 saturated carbocycles. The summed E-state index contributed by atoms with van der Waals surface area (Å²) < 4.78 is 1.19. The van der Waals surface area contributed by atoms with Gasteiger partial charge in [-0.25, -0.2) is 0 Å². The lowest BCUT2D eigenvalue weighted by Crippen LogP contribution is -2.18.